The van der Waals surface area contributed by atoms with E-state index in [0.29, 0.717) is 6.54 Å². The Morgan fingerprint density at radius 1 is 1.12 bits per heavy atom. The third-order valence-corrected chi connectivity index (χ3v) is 4.19. The number of fused-ring (bicyclic) bond motifs is 1. The molecule has 0 spiro atoms. The van der Waals surface area contributed by atoms with Crippen LogP contribution in [0.3, 0.4) is 0 Å². The Kier molecular flexibility index (Phi) is 3.70. The van der Waals surface area contributed by atoms with Gasteiger partial charge in [-0.15, -0.1) is 0 Å². The van der Waals surface area contributed by atoms with Crippen LogP contribution < -0.4 is 10.6 Å². The molecule has 3 N–H and O–H groups in total. The lowest BCUT2D eigenvalue weighted by molar-refractivity contribution is 0.0946. The molecule has 4 rings (SSSR count). The first-order valence-electron chi connectivity index (χ1n) is 7.89. The number of benzene rings is 2. The van der Waals surface area contributed by atoms with E-state index in [4.69, 9.17) is 0 Å². The Morgan fingerprint density at radius 3 is 2.79 bits per heavy atom. The number of amides is 1. The normalized spacial score (nSPS) is 14.6. The van der Waals surface area contributed by atoms with Gasteiger partial charge >= 0.3 is 0 Å². The number of nitrogens with one attached hydrogen (secondary N) is 3. The highest BCUT2D eigenvalue weighted by atomic mass is 16.1. The van der Waals surface area contributed by atoms with E-state index in [-0.39, 0.29) is 11.9 Å². The van der Waals surface area contributed by atoms with Crippen molar-refractivity contribution in [1.29, 1.82) is 0 Å². The zero-order valence-electron chi connectivity index (χ0n) is 13.0. The van der Waals surface area contributed by atoms with Crippen LogP contribution in [-0.4, -0.2) is 27.6 Å². The van der Waals surface area contributed by atoms with Crippen LogP contribution in [0.5, 0.6) is 0 Å². The van der Waals surface area contributed by atoms with Gasteiger partial charge in [0, 0.05) is 17.8 Å². The van der Waals surface area contributed by atoms with Crippen LogP contribution in [0.4, 0.5) is 5.69 Å². The fourth-order valence-corrected chi connectivity index (χ4v) is 2.98. The molecule has 24 heavy (non-hydrogen) atoms. The third kappa shape index (κ3) is 2.74. The second-order valence-electron chi connectivity index (χ2n) is 5.74. The Bertz CT molecular complexity index is 845. The fraction of sp³-hybridized carbons (Fsp3) is 0.167. The zero-order valence-corrected chi connectivity index (χ0v) is 13.0. The average molecular weight is 319 g/mol. The minimum atomic E-state index is -0.168. The van der Waals surface area contributed by atoms with Crippen LogP contribution in [0, 0.1) is 0 Å². The Labute approximate surface area is 139 Å². The van der Waals surface area contributed by atoms with Crippen LogP contribution in [0.2, 0.25) is 0 Å². The Hall–Kier alpha value is -3.15. The van der Waals surface area contributed by atoms with E-state index in [1.165, 1.54) is 6.33 Å². The van der Waals surface area contributed by atoms with Crippen LogP contribution >= 0.6 is 0 Å². The summed E-state index contributed by atoms with van der Waals surface area (Å²) < 4.78 is 0. The number of carbonyl (C=O) groups excluding carboxylic acids is 1. The summed E-state index contributed by atoms with van der Waals surface area (Å²) in [5, 5.41) is 13.2. The zero-order chi connectivity index (χ0) is 16.4. The van der Waals surface area contributed by atoms with E-state index in [9.17, 15) is 4.79 Å². The molecule has 6 nitrogen and oxygen atoms in total. The molecule has 0 bridgehead atoms. The van der Waals surface area contributed by atoms with E-state index in [1.807, 2.05) is 48.5 Å². The molecule has 1 aliphatic rings. The molecule has 120 valence electrons. The maximum atomic E-state index is 12.1. The molecule has 6 heteroatoms. The van der Waals surface area contributed by atoms with E-state index >= 15 is 0 Å². The van der Waals surface area contributed by atoms with Crippen molar-refractivity contribution in [3.63, 3.8) is 0 Å². The summed E-state index contributed by atoms with van der Waals surface area (Å²) in [6.07, 6.45) is 2.36. The summed E-state index contributed by atoms with van der Waals surface area (Å²) in [6, 6.07) is 15.8. The van der Waals surface area contributed by atoms with E-state index in [1.54, 1.807) is 0 Å². The summed E-state index contributed by atoms with van der Waals surface area (Å²) in [4.78, 5) is 16.3. The maximum absolute atomic E-state index is 12.1. The largest absolute Gasteiger partial charge is 0.371 e. The minimum absolute atomic E-state index is 0.0178. The van der Waals surface area contributed by atoms with Gasteiger partial charge in [-0.05, 0) is 29.7 Å². The molecule has 0 aliphatic carbocycles. The number of aromatic amines is 1. The maximum Gasteiger partial charge on any atom is 0.251 e. The highest BCUT2D eigenvalue weighted by molar-refractivity contribution is 5.97. The summed E-state index contributed by atoms with van der Waals surface area (Å²) in [6.45, 7) is 0.698. The first kappa shape index (κ1) is 14.4. The number of nitrogens with zero attached hydrogens (tertiary/aromatic N) is 2. The predicted octanol–water partition coefficient (Wildman–Crippen LogP) is 2.29. The van der Waals surface area contributed by atoms with Gasteiger partial charge in [-0.1, -0.05) is 36.4 Å². The van der Waals surface area contributed by atoms with Crippen LogP contribution in [0.15, 0.2) is 54.9 Å². The number of hydrogen-bond acceptors (Lipinski definition) is 4. The van der Waals surface area contributed by atoms with Crippen molar-refractivity contribution in [3.8, 4) is 0 Å². The minimum Gasteiger partial charge on any atom is -0.371 e. The summed E-state index contributed by atoms with van der Waals surface area (Å²) in [5.41, 5.74) is 3.75. The van der Waals surface area contributed by atoms with Gasteiger partial charge in [0.2, 0.25) is 0 Å². The van der Waals surface area contributed by atoms with E-state index < -0.39 is 0 Å². The summed E-state index contributed by atoms with van der Waals surface area (Å²) >= 11 is 0. The van der Waals surface area contributed by atoms with Gasteiger partial charge in [-0.2, -0.15) is 5.10 Å². The Morgan fingerprint density at radius 2 is 2.00 bits per heavy atom. The lowest BCUT2D eigenvalue weighted by Crippen LogP contribution is -2.31. The van der Waals surface area contributed by atoms with Gasteiger partial charge in [0.15, 0.2) is 5.82 Å². The van der Waals surface area contributed by atoms with Crippen molar-refractivity contribution in [1.82, 2.24) is 20.5 Å². The first-order valence-corrected chi connectivity index (χ1v) is 7.89. The van der Waals surface area contributed by atoms with Gasteiger partial charge in [0.25, 0.3) is 5.91 Å². The molecule has 2 aromatic carbocycles. The smallest absolute Gasteiger partial charge is 0.251 e. The molecule has 0 saturated heterocycles. The molecule has 1 unspecified atom stereocenters. The van der Waals surface area contributed by atoms with Gasteiger partial charge in [0.05, 0.1) is 0 Å². The van der Waals surface area contributed by atoms with Crippen molar-refractivity contribution < 1.29 is 4.79 Å². The second kappa shape index (κ2) is 6.16. The molecule has 1 amide bonds. The summed E-state index contributed by atoms with van der Waals surface area (Å²) in [7, 11) is 0. The molecular weight excluding hydrogens is 302 g/mol. The van der Waals surface area contributed by atoms with Gasteiger partial charge in [-0.3, -0.25) is 9.89 Å². The highest BCUT2D eigenvalue weighted by Gasteiger charge is 2.20. The molecule has 1 aliphatic heterocycles. The van der Waals surface area contributed by atoms with Crippen molar-refractivity contribution in [2.24, 2.45) is 0 Å². The molecule has 1 atom stereocenters. The van der Waals surface area contributed by atoms with Gasteiger partial charge < -0.3 is 10.6 Å². The van der Waals surface area contributed by atoms with E-state index in [2.05, 4.69) is 25.8 Å². The molecule has 1 aromatic heterocycles. The first-order chi connectivity index (χ1) is 11.8. The van der Waals surface area contributed by atoms with Crippen molar-refractivity contribution in [3.05, 3.63) is 77.4 Å². The lowest BCUT2D eigenvalue weighted by Gasteiger charge is -2.21. The molecule has 2 heterocycles. The number of carbonyl (C=O) groups is 1. The molecule has 0 saturated carbocycles. The molecule has 3 aromatic rings. The third-order valence-electron chi connectivity index (χ3n) is 4.19. The standard InChI is InChI=1S/C18H17N5O/c24-18-15-10-14(7-6-12(15)8-9-19-18)22-16(17-20-11-21-23-17)13-4-2-1-3-5-13/h1-7,10-11,16,22H,8-9H2,(H,19,24)(H,20,21,23). The van der Waals surface area contributed by atoms with Crippen molar-refractivity contribution in [2.45, 2.75) is 12.5 Å². The average Bonchev–Trinajstić information content (AvgIpc) is 3.15. The van der Waals surface area contributed by atoms with E-state index in [0.717, 1.165) is 34.6 Å². The lowest BCUT2D eigenvalue weighted by atomic mass is 9.99. The van der Waals surface area contributed by atoms with Gasteiger partial charge in [-0.25, -0.2) is 4.98 Å². The SMILES string of the molecule is O=C1NCCc2ccc(NC(c3ccccc3)c3ncn[nH]3)cc21. The quantitative estimate of drug-likeness (QED) is 0.689. The van der Waals surface area contributed by atoms with Gasteiger partial charge in [0.1, 0.15) is 12.4 Å². The molecular formula is C18H17N5O. The fourth-order valence-electron chi connectivity index (χ4n) is 2.98. The van der Waals surface area contributed by atoms with Crippen LogP contribution in [0.1, 0.15) is 33.4 Å². The summed E-state index contributed by atoms with van der Waals surface area (Å²) in [5.74, 6) is 0.708. The topological polar surface area (TPSA) is 82.7 Å². The molecule has 0 fully saturated rings. The van der Waals surface area contributed by atoms with Crippen LogP contribution in [-0.2, 0) is 6.42 Å². The predicted molar refractivity (Wildman–Crippen MR) is 90.8 cm³/mol. The van der Waals surface area contributed by atoms with Crippen molar-refractivity contribution in [2.75, 3.05) is 11.9 Å². The number of anilines is 1. The molecule has 0 radical (unpaired) electrons. The second-order valence-corrected chi connectivity index (χ2v) is 5.74. The van der Waals surface area contributed by atoms with Crippen LogP contribution in [0.25, 0.3) is 0 Å². The number of aromatic nitrogens is 3. The number of hydrogen-bond donors (Lipinski definition) is 3. The highest BCUT2D eigenvalue weighted by Crippen LogP contribution is 2.26. The Balaban J connectivity index is 1.68. The number of H-pyrrole nitrogens is 1. The van der Waals surface area contributed by atoms with Crippen molar-refractivity contribution >= 4 is 11.6 Å². The monoisotopic (exact) mass is 319 g/mol. The number of rotatable bonds is 4.